The third-order valence-electron chi connectivity index (χ3n) is 4.22. The maximum absolute atomic E-state index is 13.3. The van der Waals surface area contributed by atoms with Gasteiger partial charge in [0.1, 0.15) is 11.6 Å². The van der Waals surface area contributed by atoms with Crippen LogP contribution in [0.15, 0.2) is 18.2 Å². The third-order valence-corrected chi connectivity index (χ3v) is 4.59. The lowest BCUT2D eigenvalue weighted by Gasteiger charge is -2.30. The van der Waals surface area contributed by atoms with E-state index in [0.29, 0.717) is 35.5 Å². The van der Waals surface area contributed by atoms with Gasteiger partial charge in [0.05, 0.1) is 0 Å². The summed E-state index contributed by atoms with van der Waals surface area (Å²) in [6, 6.07) is 4.37. The van der Waals surface area contributed by atoms with Crippen molar-refractivity contribution in [3.63, 3.8) is 0 Å². The van der Waals surface area contributed by atoms with Crippen LogP contribution in [0.3, 0.4) is 0 Å². The Morgan fingerprint density at radius 1 is 1.42 bits per heavy atom. The molecule has 2 unspecified atom stereocenters. The fraction of sp³-hybridized carbons (Fsp3) is 0.562. The van der Waals surface area contributed by atoms with Gasteiger partial charge in [0.15, 0.2) is 0 Å². The van der Waals surface area contributed by atoms with Crippen LogP contribution < -0.4 is 0 Å². The number of carbonyl (C=O) groups excluding carboxylic acids is 1. The average molecular weight is 283 g/mol. The summed E-state index contributed by atoms with van der Waals surface area (Å²) in [6.07, 6.45) is 3.12. The van der Waals surface area contributed by atoms with Gasteiger partial charge in [-0.3, -0.25) is 4.79 Å². The first kappa shape index (κ1) is 14.5. The predicted molar refractivity (Wildman–Crippen MR) is 75.8 cm³/mol. The van der Waals surface area contributed by atoms with E-state index in [9.17, 15) is 9.18 Å². The van der Waals surface area contributed by atoms with Gasteiger partial charge < -0.3 is 0 Å². The Kier molecular flexibility index (Phi) is 4.62. The Morgan fingerprint density at radius 3 is 2.84 bits per heavy atom. The molecule has 0 aromatic heterocycles. The fourth-order valence-electron chi connectivity index (χ4n) is 2.91. The summed E-state index contributed by atoms with van der Waals surface area (Å²) < 4.78 is 13.3. The average Bonchev–Trinajstić information content (AvgIpc) is 2.36. The molecule has 0 aliphatic heterocycles. The number of halogens is 2. The topological polar surface area (TPSA) is 17.1 Å². The van der Waals surface area contributed by atoms with E-state index in [1.165, 1.54) is 12.1 Å². The fourth-order valence-corrected chi connectivity index (χ4v) is 3.11. The highest BCUT2D eigenvalue weighted by atomic mass is 35.5. The quantitative estimate of drug-likeness (QED) is 0.788. The summed E-state index contributed by atoms with van der Waals surface area (Å²) in [5.74, 6) is 1.20. The lowest BCUT2D eigenvalue weighted by atomic mass is 9.73. The van der Waals surface area contributed by atoms with Gasteiger partial charge in [0.25, 0.3) is 0 Å². The van der Waals surface area contributed by atoms with E-state index < -0.39 is 0 Å². The van der Waals surface area contributed by atoms with E-state index in [4.69, 9.17) is 11.6 Å². The summed E-state index contributed by atoms with van der Waals surface area (Å²) in [5.41, 5.74) is 0.754. The third kappa shape index (κ3) is 3.56. The molecule has 0 heterocycles. The smallest absolute Gasteiger partial charge is 0.136 e. The van der Waals surface area contributed by atoms with Crippen molar-refractivity contribution < 1.29 is 9.18 Å². The SMILES string of the molecule is CC(C)C1CCC(=O)C(Cc2cc(F)ccc2Cl)C1. The number of hydrogen-bond donors (Lipinski definition) is 0. The molecule has 0 spiro atoms. The van der Waals surface area contributed by atoms with E-state index in [1.54, 1.807) is 6.07 Å². The maximum atomic E-state index is 13.3. The van der Waals surface area contributed by atoms with Crippen molar-refractivity contribution in [3.05, 3.63) is 34.6 Å². The number of hydrogen-bond acceptors (Lipinski definition) is 1. The van der Waals surface area contributed by atoms with Gasteiger partial charge in [0, 0.05) is 17.4 Å². The zero-order valence-electron chi connectivity index (χ0n) is 11.5. The molecule has 0 amide bonds. The number of ketones is 1. The van der Waals surface area contributed by atoms with Gasteiger partial charge in [0.2, 0.25) is 0 Å². The summed E-state index contributed by atoms with van der Waals surface area (Å²) >= 11 is 6.08. The number of Topliss-reactive ketones (excluding diaryl/α,β-unsaturated/α-hetero) is 1. The zero-order valence-corrected chi connectivity index (χ0v) is 12.2. The molecule has 1 nitrogen and oxygen atoms in total. The van der Waals surface area contributed by atoms with Gasteiger partial charge >= 0.3 is 0 Å². The van der Waals surface area contributed by atoms with Gasteiger partial charge in [-0.15, -0.1) is 0 Å². The van der Waals surface area contributed by atoms with E-state index in [1.807, 2.05) is 0 Å². The molecule has 3 heteroatoms. The molecule has 19 heavy (non-hydrogen) atoms. The Balaban J connectivity index is 2.12. The molecule has 2 atom stereocenters. The molecule has 1 saturated carbocycles. The predicted octanol–water partition coefficient (Wildman–Crippen LogP) is 4.66. The van der Waals surface area contributed by atoms with Gasteiger partial charge in [-0.05, 0) is 54.9 Å². The highest BCUT2D eigenvalue weighted by molar-refractivity contribution is 6.31. The van der Waals surface area contributed by atoms with Crippen LogP contribution >= 0.6 is 11.6 Å². The molecule has 1 aromatic rings. The minimum absolute atomic E-state index is 0.000417. The van der Waals surface area contributed by atoms with Crippen molar-refractivity contribution in [2.75, 3.05) is 0 Å². The second-order valence-electron chi connectivity index (χ2n) is 5.88. The van der Waals surface area contributed by atoms with Crippen LogP contribution in [-0.4, -0.2) is 5.78 Å². The first-order valence-electron chi connectivity index (χ1n) is 6.94. The van der Waals surface area contributed by atoms with Crippen LogP contribution in [0.25, 0.3) is 0 Å². The molecular weight excluding hydrogens is 263 g/mol. The molecule has 0 saturated heterocycles. The molecule has 0 radical (unpaired) electrons. The second kappa shape index (κ2) is 6.04. The lowest BCUT2D eigenvalue weighted by molar-refractivity contribution is -0.125. The van der Waals surface area contributed by atoms with Gasteiger partial charge in [-0.25, -0.2) is 4.39 Å². The molecule has 2 rings (SSSR count). The van der Waals surface area contributed by atoms with Crippen LogP contribution in [-0.2, 0) is 11.2 Å². The van der Waals surface area contributed by atoms with Crippen molar-refractivity contribution in [2.24, 2.45) is 17.8 Å². The zero-order chi connectivity index (χ0) is 14.0. The standard InChI is InChI=1S/C16H20ClFO/c1-10(2)11-3-6-16(19)13(7-11)8-12-9-14(18)4-5-15(12)17/h4-5,9-11,13H,3,6-8H2,1-2H3. The van der Waals surface area contributed by atoms with E-state index in [2.05, 4.69) is 13.8 Å². The van der Waals surface area contributed by atoms with Crippen LogP contribution in [0.5, 0.6) is 0 Å². The second-order valence-corrected chi connectivity index (χ2v) is 6.29. The molecule has 1 aromatic carbocycles. The Hall–Kier alpha value is -0.890. The van der Waals surface area contributed by atoms with E-state index in [-0.39, 0.29) is 11.7 Å². The normalized spacial score (nSPS) is 23.9. The van der Waals surface area contributed by atoms with Crippen LogP contribution in [0.2, 0.25) is 5.02 Å². The summed E-state index contributed by atoms with van der Waals surface area (Å²) in [6.45, 7) is 4.40. The number of carbonyl (C=O) groups is 1. The molecule has 1 aliphatic rings. The van der Waals surface area contributed by atoms with Crippen molar-refractivity contribution in [1.82, 2.24) is 0 Å². The summed E-state index contributed by atoms with van der Waals surface area (Å²) in [4.78, 5) is 12.0. The van der Waals surface area contributed by atoms with Crippen LogP contribution in [0.1, 0.15) is 38.7 Å². The first-order valence-corrected chi connectivity index (χ1v) is 7.31. The first-order chi connectivity index (χ1) is 8.97. The number of benzene rings is 1. The largest absolute Gasteiger partial charge is 0.299 e. The van der Waals surface area contributed by atoms with Crippen molar-refractivity contribution >= 4 is 17.4 Å². The highest BCUT2D eigenvalue weighted by Gasteiger charge is 2.30. The minimum atomic E-state index is -0.289. The van der Waals surface area contributed by atoms with Crippen LogP contribution in [0, 0.1) is 23.6 Å². The minimum Gasteiger partial charge on any atom is -0.299 e. The molecule has 0 N–H and O–H groups in total. The summed E-state index contributed by atoms with van der Waals surface area (Å²) in [5, 5.41) is 0.556. The molecule has 1 aliphatic carbocycles. The molecular formula is C16H20ClFO. The maximum Gasteiger partial charge on any atom is 0.136 e. The molecule has 1 fully saturated rings. The van der Waals surface area contributed by atoms with E-state index in [0.717, 1.165) is 18.4 Å². The molecule has 0 bridgehead atoms. The number of rotatable bonds is 3. The van der Waals surface area contributed by atoms with Gasteiger partial charge in [-0.1, -0.05) is 25.4 Å². The Bertz CT molecular complexity index is 470. The van der Waals surface area contributed by atoms with Gasteiger partial charge in [-0.2, -0.15) is 0 Å². The van der Waals surface area contributed by atoms with Crippen LogP contribution in [0.4, 0.5) is 4.39 Å². The van der Waals surface area contributed by atoms with Crippen molar-refractivity contribution in [3.8, 4) is 0 Å². The van der Waals surface area contributed by atoms with Crippen molar-refractivity contribution in [1.29, 1.82) is 0 Å². The summed E-state index contributed by atoms with van der Waals surface area (Å²) in [7, 11) is 0. The van der Waals surface area contributed by atoms with Crippen molar-refractivity contribution in [2.45, 2.75) is 39.5 Å². The Morgan fingerprint density at radius 2 is 2.16 bits per heavy atom. The monoisotopic (exact) mass is 282 g/mol. The Labute approximate surface area is 119 Å². The highest BCUT2D eigenvalue weighted by Crippen LogP contribution is 2.34. The lowest BCUT2D eigenvalue weighted by Crippen LogP contribution is -2.29. The van der Waals surface area contributed by atoms with E-state index >= 15 is 0 Å². The molecule has 104 valence electrons.